The lowest BCUT2D eigenvalue weighted by Gasteiger charge is -2.56. The molecular formula is C23H40N6O4. The Kier molecular flexibility index (Phi) is 7.84. The van der Waals surface area contributed by atoms with Crippen molar-refractivity contribution in [2.75, 3.05) is 6.54 Å². The predicted octanol–water partition coefficient (Wildman–Crippen LogP) is 2.46. The fraction of sp³-hybridized carbons (Fsp3) is 0.870. The molecular weight excluding hydrogens is 424 g/mol. The van der Waals surface area contributed by atoms with Gasteiger partial charge >= 0.3 is 0 Å². The number of aliphatic imine (C=N–C) groups is 1. The maximum Gasteiger partial charge on any atom is 0.268 e. The van der Waals surface area contributed by atoms with Crippen molar-refractivity contribution in [3.8, 4) is 0 Å². The molecule has 0 saturated heterocycles. The van der Waals surface area contributed by atoms with Crippen LogP contribution in [-0.4, -0.2) is 35.0 Å². The largest absolute Gasteiger partial charge is 0.365 e. The third-order valence-corrected chi connectivity index (χ3v) is 7.56. The maximum atomic E-state index is 13.4. The number of hydrogen-bond donors (Lipinski definition) is 4. The smallest absolute Gasteiger partial charge is 0.268 e. The standard InChI is InChI=1S/C23H40N6O4/c1-4-6-23(27-21(24)28-29(32)33,20(31)25-7-5-15(2)3)26-19(30)14-22-11-16-8-17(12-22)10-18(9-16)13-22/h15-18H,4-14H2,1-3H3,(H,25,31)(H,26,30)(H3,24,27,28)/t16?,17?,18?,22?,23-/m1/s1. The fourth-order valence-corrected chi connectivity index (χ4v) is 6.80. The minimum Gasteiger partial charge on any atom is -0.365 e. The molecule has 4 aliphatic rings. The highest BCUT2D eigenvalue weighted by molar-refractivity contribution is 5.94. The number of nitro groups is 1. The lowest BCUT2D eigenvalue weighted by atomic mass is 9.49. The Morgan fingerprint density at radius 3 is 2.24 bits per heavy atom. The summed E-state index contributed by atoms with van der Waals surface area (Å²) in [4.78, 5) is 41.6. The molecule has 4 saturated carbocycles. The first-order valence-corrected chi connectivity index (χ1v) is 12.4. The summed E-state index contributed by atoms with van der Waals surface area (Å²) in [5.74, 6) is 1.29. The summed E-state index contributed by atoms with van der Waals surface area (Å²) in [5, 5.41) is 15.7. The van der Waals surface area contributed by atoms with E-state index in [1.54, 1.807) is 5.43 Å². The molecule has 0 aromatic rings. The van der Waals surface area contributed by atoms with Crippen LogP contribution < -0.4 is 21.8 Å². The molecule has 0 aliphatic heterocycles. The average molecular weight is 465 g/mol. The summed E-state index contributed by atoms with van der Waals surface area (Å²) in [6.45, 7) is 6.39. The average Bonchev–Trinajstić information content (AvgIpc) is 2.65. The molecule has 0 unspecified atom stereocenters. The van der Waals surface area contributed by atoms with Crippen molar-refractivity contribution < 1.29 is 14.6 Å². The molecule has 4 aliphatic carbocycles. The summed E-state index contributed by atoms with van der Waals surface area (Å²) >= 11 is 0. The number of guanidine groups is 1. The van der Waals surface area contributed by atoms with Crippen LogP contribution in [0.15, 0.2) is 4.99 Å². The van der Waals surface area contributed by atoms with Gasteiger partial charge in [-0.25, -0.2) is 15.1 Å². The number of nitrogens with two attached hydrogens (primary N) is 1. The number of nitrogens with one attached hydrogen (secondary N) is 3. The van der Waals surface area contributed by atoms with E-state index >= 15 is 0 Å². The lowest BCUT2D eigenvalue weighted by molar-refractivity contribution is -0.525. The van der Waals surface area contributed by atoms with Crippen molar-refractivity contribution in [2.45, 2.75) is 90.6 Å². The number of carbonyl (C=O) groups is 2. The Morgan fingerprint density at radius 1 is 1.18 bits per heavy atom. The highest BCUT2D eigenvalue weighted by atomic mass is 16.7. The second-order valence-corrected chi connectivity index (χ2v) is 11.1. The SMILES string of the molecule is CCC[C@](N=C(N)N[N+](=O)[O-])(NC(=O)CC12CC3CC(CC(C3)C1)C2)C(=O)NCCC(C)C. The Labute approximate surface area is 196 Å². The molecule has 0 aromatic carbocycles. The summed E-state index contributed by atoms with van der Waals surface area (Å²) in [6, 6.07) is 0. The molecule has 0 spiro atoms. The third-order valence-electron chi connectivity index (χ3n) is 7.56. The molecule has 10 heteroatoms. The normalized spacial score (nSPS) is 30.1. The van der Waals surface area contributed by atoms with Crippen LogP contribution in [0.2, 0.25) is 0 Å². The first-order chi connectivity index (χ1) is 15.5. The summed E-state index contributed by atoms with van der Waals surface area (Å²) < 4.78 is 0. The fourth-order valence-electron chi connectivity index (χ4n) is 6.80. The Balaban J connectivity index is 1.78. The van der Waals surface area contributed by atoms with E-state index in [0.29, 0.717) is 43.1 Å². The van der Waals surface area contributed by atoms with Crippen molar-refractivity contribution in [3.63, 3.8) is 0 Å². The first-order valence-electron chi connectivity index (χ1n) is 12.4. The highest BCUT2D eigenvalue weighted by Crippen LogP contribution is 2.61. The van der Waals surface area contributed by atoms with Gasteiger partial charge in [0.15, 0.2) is 5.03 Å². The minimum atomic E-state index is -1.68. The van der Waals surface area contributed by atoms with Gasteiger partial charge in [-0.3, -0.25) is 9.59 Å². The van der Waals surface area contributed by atoms with E-state index in [0.717, 1.165) is 25.7 Å². The highest BCUT2D eigenvalue weighted by Gasteiger charge is 2.52. The summed E-state index contributed by atoms with van der Waals surface area (Å²) in [7, 11) is 0. The first kappa shape index (κ1) is 25.2. The maximum absolute atomic E-state index is 13.4. The van der Waals surface area contributed by atoms with Crippen LogP contribution in [0.5, 0.6) is 0 Å². The van der Waals surface area contributed by atoms with Crippen LogP contribution >= 0.6 is 0 Å². The van der Waals surface area contributed by atoms with Gasteiger partial charge in [-0.15, -0.1) is 0 Å². The van der Waals surface area contributed by atoms with E-state index in [4.69, 9.17) is 5.73 Å². The van der Waals surface area contributed by atoms with Crippen LogP contribution in [0.3, 0.4) is 0 Å². The summed E-state index contributed by atoms with van der Waals surface area (Å²) in [6.07, 6.45) is 8.91. The molecule has 186 valence electrons. The Morgan fingerprint density at radius 2 is 1.76 bits per heavy atom. The second-order valence-electron chi connectivity index (χ2n) is 11.1. The van der Waals surface area contributed by atoms with Gasteiger partial charge in [0.05, 0.1) is 0 Å². The molecule has 0 radical (unpaired) electrons. The zero-order chi connectivity index (χ0) is 24.2. The number of amides is 2. The van der Waals surface area contributed by atoms with E-state index in [2.05, 4.69) is 29.5 Å². The van der Waals surface area contributed by atoms with Gasteiger partial charge < -0.3 is 16.4 Å². The Bertz CT molecular complexity index is 748. The number of carbonyl (C=O) groups excluding carboxylic acids is 2. The van der Waals surface area contributed by atoms with Crippen molar-refractivity contribution in [1.82, 2.24) is 16.1 Å². The van der Waals surface area contributed by atoms with Gasteiger partial charge in [-0.1, -0.05) is 32.6 Å². The zero-order valence-electron chi connectivity index (χ0n) is 20.2. The van der Waals surface area contributed by atoms with Crippen LogP contribution in [0, 0.1) is 39.2 Å². The molecule has 1 atom stereocenters. The van der Waals surface area contributed by atoms with Gasteiger partial charge in [0.25, 0.3) is 11.9 Å². The molecule has 4 rings (SSSR count). The van der Waals surface area contributed by atoms with Gasteiger partial charge in [-0.2, -0.15) is 0 Å². The van der Waals surface area contributed by atoms with Crippen LogP contribution in [0.4, 0.5) is 0 Å². The monoisotopic (exact) mass is 464 g/mol. The topological polar surface area (TPSA) is 152 Å². The van der Waals surface area contributed by atoms with Crippen LogP contribution in [0.1, 0.15) is 85.0 Å². The zero-order valence-corrected chi connectivity index (χ0v) is 20.2. The molecule has 10 nitrogen and oxygen atoms in total. The van der Waals surface area contributed by atoms with Gasteiger partial charge in [0.1, 0.15) is 0 Å². The van der Waals surface area contributed by atoms with Crippen molar-refractivity contribution in [2.24, 2.45) is 39.8 Å². The third kappa shape index (κ3) is 6.35. The number of rotatable bonds is 11. The van der Waals surface area contributed by atoms with Crippen molar-refractivity contribution in [3.05, 3.63) is 10.1 Å². The Hall–Kier alpha value is -2.39. The summed E-state index contributed by atoms with van der Waals surface area (Å²) in [5.41, 5.74) is 5.86. The quantitative estimate of drug-likeness (QED) is 0.159. The molecule has 0 heterocycles. The lowest BCUT2D eigenvalue weighted by Crippen LogP contribution is -2.60. The van der Waals surface area contributed by atoms with Crippen LogP contribution in [0.25, 0.3) is 0 Å². The molecule has 2 amide bonds. The molecule has 4 fully saturated rings. The van der Waals surface area contributed by atoms with E-state index < -0.39 is 22.6 Å². The van der Waals surface area contributed by atoms with Gasteiger partial charge in [0, 0.05) is 19.4 Å². The molecule has 33 heavy (non-hydrogen) atoms. The second kappa shape index (κ2) is 10.3. The number of nitrogens with zero attached hydrogens (tertiary/aromatic N) is 2. The number of hydrazine groups is 1. The van der Waals surface area contributed by atoms with Gasteiger partial charge in [-0.05, 0) is 74.0 Å². The predicted molar refractivity (Wildman–Crippen MR) is 125 cm³/mol. The van der Waals surface area contributed by atoms with E-state index in [9.17, 15) is 19.7 Å². The molecule has 4 bridgehead atoms. The van der Waals surface area contributed by atoms with E-state index in [-0.39, 0.29) is 17.7 Å². The van der Waals surface area contributed by atoms with Crippen molar-refractivity contribution >= 4 is 17.8 Å². The van der Waals surface area contributed by atoms with E-state index in [1.165, 1.54) is 19.3 Å². The minimum absolute atomic E-state index is 0.000742. The molecule has 5 N–H and O–H groups in total. The van der Waals surface area contributed by atoms with Crippen molar-refractivity contribution in [1.29, 1.82) is 0 Å². The molecule has 0 aromatic heterocycles. The van der Waals surface area contributed by atoms with Crippen LogP contribution in [-0.2, 0) is 9.59 Å². The number of hydrogen-bond acceptors (Lipinski definition) is 5. The van der Waals surface area contributed by atoms with E-state index in [1.807, 2.05) is 6.92 Å². The van der Waals surface area contributed by atoms with Gasteiger partial charge in [0.2, 0.25) is 11.6 Å².